The standard InChI is InChI=1S/C19H26N4O2/c1-4-23-13(3)18(12(2)22-23)19(25)21-17(15-10-16(24)11-15)9-14-5-7-20-8-6-14/h5-8,15-17,24H,4,9-11H2,1-3H3,(H,21,25)/t15?,16?,17-/m1/s1. The Morgan fingerprint density at radius 1 is 1.36 bits per heavy atom. The zero-order valence-corrected chi connectivity index (χ0v) is 15.1. The van der Waals surface area contributed by atoms with E-state index in [0.717, 1.165) is 42.8 Å². The van der Waals surface area contributed by atoms with Crippen molar-refractivity contribution in [3.8, 4) is 0 Å². The Morgan fingerprint density at radius 2 is 2.04 bits per heavy atom. The normalized spacial score (nSPS) is 20.8. The number of hydrogen-bond acceptors (Lipinski definition) is 4. The number of rotatable bonds is 6. The lowest BCUT2D eigenvalue weighted by atomic mass is 9.75. The first-order valence-corrected chi connectivity index (χ1v) is 8.91. The van der Waals surface area contributed by atoms with Crippen LogP contribution in [0.25, 0.3) is 0 Å². The Hall–Kier alpha value is -2.21. The van der Waals surface area contributed by atoms with Gasteiger partial charge in [0, 0.05) is 30.7 Å². The zero-order valence-electron chi connectivity index (χ0n) is 15.1. The summed E-state index contributed by atoms with van der Waals surface area (Å²) in [6.45, 7) is 6.57. The molecule has 1 saturated carbocycles. The molecule has 3 rings (SSSR count). The molecule has 1 atom stereocenters. The second-order valence-electron chi connectivity index (χ2n) is 6.89. The first-order valence-electron chi connectivity index (χ1n) is 8.91. The molecule has 0 aromatic carbocycles. The SMILES string of the molecule is CCn1nc(C)c(C(=O)N[C@H](Cc2ccncc2)C2CC(O)C2)c1C. The lowest BCUT2D eigenvalue weighted by Gasteiger charge is -2.38. The van der Waals surface area contributed by atoms with Gasteiger partial charge in [-0.05, 0) is 63.6 Å². The minimum atomic E-state index is -0.242. The van der Waals surface area contributed by atoms with Gasteiger partial charge in [-0.25, -0.2) is 0 Å². The molecule has 1 fully saturated rings. The van der Waals surface area contributed by atoms with Crippen molar-refractivity contribution in [2.24, 2.45) is 5.92 Å². The van der Waals surface area contributed by atoms with Gasteiger partial charge in [0.25, 0.3) is 5.91 Å². The number of amides is 1. The van der Waals surface area contributed by atoms with E-state index in [1.54, 1.807) is 12.4 Å². The van der Waals surface area contributed by atoms with Gasteiger partial charge in [0.1, 0.15) is 0 Å². The fourth-order valence-corrected chi connectivity index (χ4v) is 3.64. The Bertz CT molecular complexity index is 735. The van der Waals surface area contributed by atoms with Crippen molar-refractivity contribution in [3.63, 3.8) is 0 Å². The molecule has 0 saturated heterocycles. The number of aliphatic hydroxyl groups is 1. The first-order chi connectivity index (χ1) is 12.0. The number of aromatic nitrogens is 3. The number of pyridine rings is 1. The van der Waals surface area contributed by atoms with E-state index in [1.165, 1.54) is 0 Å². The highest BCUT2D eigenvalue weighted by atomic mass is 16.3. The summed E-state index contributed by atoms with van der Waals surface area (Å²) in [4.78, 5) is 17.0. The van der Waals surface area contributed by atoms with Crippen molar-refractivity contribution in [1.82, 2.24) is 20.1 Å². The third-order valence-electron chi connectivity index (χ3n) is 5.15. The van der Waals surface area contributed by atoms with E-state index in [1.807, 2.05) is 37.6 Å². The quantitative estimate of drug-likeness (QED) is 0.842. The van der Waals surface area contributed by atoms with Crippen LogP contribution >= 0.6 is 0 Å². The van der Waals surface area contributed by atoms with Crippen LogP contribution in [-0.4, -0.2) is 37.9 Å². The Morgan fingerprint density at radius 3 is 2.60 bits per heavy atom. The van der Waals surface area contributed by atoms with Crippen molar-refractivity contribution in [2.45, 2.75) is 58.7 Å². The van der Waals surface area contributed by atoms with E-state index in [4.69, 9.17) is 0 Å². The second kappa shape index (κ2) is 7.35. The molecule has 0 radical (unpaired) electrons. The van der Waals surface area contributed by atoms with Crippen molar-refractivity contribution in [3.05, 3.63) is 47.0 Å². The molecule has 25 heavy (non-hydrogen) atoms. The van der Waals surface area contributed by atoms with Crippen LogP contribution in [-0.2, 0) is 13.0 Å². The molecule has 6 heteroatoms. The lowest BCUT2D eigenvalue weighted by Crippen LogP contribution is -2.48. The van der Waals surface area contributed by atoms with E-state index < -0.39 is 0 Å². The molecule has 2 heterocycles. The van der Waals surface area contributed by atoms with Gasteiger partial charge < -0.3 is 10.4 Å². The van der Waals surface area contributed by atoms with Crippen molar-refractivity contribution >= 4 is 5.91 Å². The van der Waals surface area contributed by atoms with E-state index in [2.05, 4.69) is 15.4 Å². The smallest absolute Gasteiger partial charge is 0.255 e. The molecule has 1 aliphatic carbocycles. The summed E-state index contributed by atoms with van der Waals surface area (Å²) in [6, 6.07) is 3.95. The van der Waals surface area contributed by atoms with Gasteiger partial charge in [-0.15, -0.1) is 0 Å². The summed E-state index contributed by atoms with van der Waals surface area (Å²) in [5, 5.41) is 17.3. The van der Waals surface area contributed by atoms with E-state index in [0.29, 0.717) is 11.5 Å². The van der Waals surface area contributed by atoms with Gasteiger partial charge in [0.2, 0.25) is 0 Å². The predicted molar refractivity (Wildman–Crippen MR) is 95.3 cm³/mol. The van der Waals surface area contributed by atoms with E-state index >= 15 is 0 Å². The lowest BCUT2D eigenvalue weighted by molar-refractivity contribution is 0.0239. The van der Waals surface area contributed by atoms with Crippen LogP contribution in [0, 0.1) is 19.8 Å². The van der Waals surface area contributed by atoms with Crippen molar-refractivity contribution in [1.29, 1.82) is 0 Å². The molecule has 6 nitrogen and oxygen atoms in total. The van der Waals surface area contributed by atoms with E-state index in [9.17, 15) is 9.90 Å². The Labute approximate surface area is 148 Å². The molecule has 2 aromatic heterocycles. The highest BCUT2D eigenvalue weighted by molar-refractivity contribution is 5.96. The number of nitrogens with zero attached hydrogens (tertiary/aromatic N) is 3. The van der Waals surface area contributed by atoms with Crippen molar-refractivity contribution < 1.29 is 9.90 Å². The molecule has 134 valence electrons. The van der Waals surface area contributed by atoms with E-state index in [-0.39, 0.29) is 18.1 Å². The molecular weight excluding hydrogens is 316 g/mol. The Balaban J connectivity index is 1.78. The average molecular weight is 342 g/mol. The van der Waals surface area contributed by atoms with Crippen LogP contribution in [0.4, 0.5) is 0 Å². The maximum Gasteiger partial charge on any atom is 0.255 e. The molecule has 1 aliphatic rings. The third-order valence-corrected chi connectivity index (χ3v) is 5.15. The van der Waals surface area contributed by atoms with Gasteiger partial charge in [-0.2, -0.15) is 5.10 Å². The van der Waals surface area contributed by atoms with Crippen LogP contribution in [0.2, 0.25) is 0 Å². The summed E-state index contributed by atoms with van der Waals surface area (Å²) in [7, 11) is 0. The highest BCUT2D eigenvalue weighted by Gasteiger charge is 2.35. The fourth-order valence-electron chi connectivity index (χ4n) is 3.64. The van der Waals surface area contributed by atoms with Crippen LogP contribution in [0.1, 0.15) is 47.1 Å². The van der Waals surface area contributed by atoms with Gasteiger partial charge in [0.15, 0.2) is 0 Å². The maximum absolute atomic E-state index is 12.9. The molecular formula is C19H26N4O2. The molecule has 0 unspecified atom stereocenters. The molecule has 2 aromatic rings. The van der Waals surface area contributed by atoms with Gasteiger partial charge in [0.05, 0.1) is 17.4 Å². The monoisotopic (exact) mass is 342 g/mol. The molecule has 1 amide bonds. The van der Waals surface area contributed by atoms with Crippen LogP contribution < -0.4 is 5.32 Å². The number of aliphatic hydroxyl groups excluding tert-OH is 1. The van der Waals surface area contributed by atoms with Crippen LogP contribution in [0.5, 0.6) is 0 Å². The summed E-state index contributed by atoms with van der Waals surface area (Å²) in [6.07, 6.45) is 5.51. The number of carbonyl (C=O) groups excluding carboxylic acids is 1. The second-order valence-corrected chi connectivity index (χ2v) is 6.89. The predicted octanol–water partition coefficient (Wildman–Crippen LogP) is 2.03. The third kappa shape index (κ3) is 3.74. The number of nitrogens with one attached hydrogen (secondary N) is 1. The van der Waals surface area contributed by atoms with Crippen LogP contribution in [0.15, 0.2) is 24.5 Å². The average Bonchev–Trinajstić information content (AvgIpc) is 2.86. The van der Waals surface area contributed by atoms with Crippen molar-refractivity contribution in [2.75, 3.05) is 0 Å². The Kier molecular flexibility index (Phi) is 5.18. The zero-order chi connectivity index (χ0) is 18.0. The molecule has 0 spiro atoms. The summed E-state index contributed by atoms with van der Waals surface area (Å²) in [5.41, 5.74) is 3.46. The van der Waals surface area contributed by atoms with Gasteiger partial charge >= 0.3 is 0 Å². The maximum atomic E-state index is 12.9. The number of hydrogen-bond donors (Lipinski definition) is 2. The summed E-state index contributed by atoms with van der Waals surface area (Å²) < 4.78 is 1.86. The highest BCUT2D eigenvalue weighted by Crippen LogP contribution is 2.32. The van der Waals surface area contributed by atoms with Gasteiger partial charge in [-0.3, -0.25) is 14.5 Å². The fraction of sp³-hybridized carbons (Fsp3) is 0.526. The summed E-state index contributed by atoms with van der Waals surface area (Å²) >= 11 is 0. The van der Waals surface area contributed by atoms with Crippen LogP contribution in [0.3, 0.4) is 0 Å². The number of aryl methyl sites for hydroxylation is 2. The minimum Gasteiger partial charge on any atom is -0.393 e. The molecule has 2 N–H and O–H groups in total. The molecule has 0 bridgehead atoms. The summed E-state index contributed by atoms with van der Waals surface area (Å²) in [5.74, 6) is 0.226. The number of carbonyl (C=O) groups is 1. The van der Waals surface area contributed by atoms with Gasteiger partial charge in [-0.1, -0.05) is 0 Å². The minimum absolute atomic E-state index is 0.00192. The topological polar surface area (TPSA) is 80.0 Å². The molecule has 0 aliphatic heterocycles. The largest absolute Gasteiger partial charge is 0.393 e. The first kappa shape index (κ1) is 17.6.